The molecule has 2 aromatic rings. The molecule has 2 aromatic carbocycles. The molecule has 5 nitrogen and oxygen atoms in total. The van der Waals surface area contributed by atoms with Crippen LogP contribution >= 0.6 is 0 Å². The lowest BCUT2D eigenvalue weighted by Gasteiger charge is -2.11. The van der Waals surface area contributed by atoms with Gasteiger partial charge in [0.15, 0.2) is 0 Å². The zero-order valence-corrected chi connectivity index (χ0v) is 13.5. The SMILES string of the molecule is CCCC(=O)Nc1cccc(CNc2c(C#N)cccc2C#N)c1. The number of benzene rings is 2. The molecule has 5 heteroatoms. The van der Waals surface area contributed by atoms with E-state index >= 15 is 0 Å². The number of nitrogens with zero attached hydrogens (tertiary/aromatic N) is 2. The molecule has 120 valence electrons. The predicted octanol–water partition coefficient (Wildman–Crippen LogP) is 3.78. The zero-order valence-electron chi connectivity index (χ0n) is 13.5. The summed E-state index contributed by atoms with van der Waals surface area (Å²) in [4.78, 5) is 11.7. The zero-order chi connectivity index (χ0) is 17.4. The van der Waals surface area contributed by atoms with Crippen molar-refractivity contribution in [3.8, 4) is 12.1 Å². The summed E-state index contributed by atoms with van der Waals surface area (Å²) in [6.45, 7) is 2.41. The molecule has 1 amide bonds. The van der Waals surface area contributed by atoms with Gasteiger partial charge >= 0.3 is 0 Å². The van der Waals surface area contributed by atoms with Crippen molar-refractivity contribution in [2.75, 3.05) is 10.6 Å². The molecule has 0 aliphatic rings. The Hall–Kier alpha value is -3.31. The van der Waals surface area contributed by atoms with Crippen molar-refractivity contribution in [3.63, 3.8) is 0 Å². The maximum absolute atomic E-state index is 11.7. The minimum absolute atomic E-state index is 0.01000. The number of nitrogens with one attached hydrogen (secondary N) is 2. The number of anilines is 2. The van der Waals surface area contributed by atoms with Crippen LogP contribution in [-0.4, -0.2) is 5.91 Å². The Morgan fingerprint density at radius 1 is 1.08 bits per heavy atom. The summed E-state index contributed by atoms with van der Waals surface area (Å²) in [6.07, 6.45) is 1.29. The van der Waals surface area contributed by atoms with Gasteiger partial charge in [-0.2, -0.15) is 10.5 Å². The van der Waals surface area contributed by atoms with Crippen molar-refractivity contribution in [3.05, 3.63) is 59.2 Å². The minimum atomic E-state index is -0.01000. The lowest BCUT2D eigenvalue weighted by Crippen LogP contribution is -2.11. The van der Waals surface area contributed by atoms with E-state index in [1.54, 1.807) is 18.2 Å². The summed E-state index contributed by atoms with van der Waals surface area (Å²) >= 11 is 0. The number of carbonyl (C=O) groups excluding carboxylic acids is 1. The largest absolute Gasteiger partial charge is 0.379 e. The number of nitriles is 2. The van der Waals surface area contributed by atoms with Gasteiger partial charge in [0.05, 0.1) is 16.8 Å². The predicted molar refractivity (Wildman–Crippen MR) is 93.2 cm³/mol. The normalized spacial score (nSPS) is 9.62. The van der Waals surface area contributed by atoms with Crippen LogP contribution in [0.15, 0.2) is 42.5 Å². The van der Waals surface area contributed by atoms with E-state index in [1.807, 2.05) is 31.2 Å². The van der Waals surface area contributed by atoms with Crippen LogP contribution in [0, 0.1) is 22.7 Å². The summed E-state index contributed by atoms with van der Waals surface area (Å²) in [5.41, 5.74) is 3.08. The first-order chi connectivity index (χ1) is 11.7. The van der Waals surface area contributed by atoms with Crippen molar-refractivity contribution in [1.82, 2.24) is 0 Å². The highest BCUT2D eigenvalue weighted by Crippen LogP contribution is 2.21. The molecule has 2 rings (SSSR count). The molecular weight excluding hydrogens is 300 g/mol. The molecule has 0 heterocycles. The Kier molecular flexibility index (Phi) is 5.94. The van der Waals surface area contributed by atoms with Gasteiger partial charge in [0.2, 0.25) is 5.91 Å². The molecule has 0 radical (unpaired) electrons. The molecule has 0 aromatic heterocycles. The molecule has 2 N–H and O–H groups in total. The standard InChI is InChI=1S/C19H18N4O/c1-2-5-18(24)23-17-9-3-6-14(10-17)13-22-19-15(11-20)7-4-8-16(19)12-21/h3-4,6-10,22H,2,5,13H2,1H3,(H,23,24). The van der Waals surface area contributed by atoms with Crippen LogP contribution in [0.2, 0.25) is 0 Å². The van der Waals surface area contributed by atoms with E-state index in [2.05, 4.69) is 22.8 Å². The fourth-order valence-corrected chi connectivity index (χ4v) is 2.33. The first-order valence-corrected chi connectivity index (χ1v) is 7.73. The monoisotopic (exact) mass is 318 g/mol. The first kappa shape index (κ1) is 17.1. The van der Waals surface area contributed by atoms with Crippen LogP contribution in [0.4, 0.5) is 11.4 Å². The Balaban J connectivity index is 2.12. The Bertz CT molecular complexity index is 783. The molecule has 0 saturated carbocycles. The van der Waals surface area contributed by atoms with Crippen molar-refractivity contribution in [2.24, 2.45) is 0 Å². The summed E-state index contributed by atoms with van der Waals surface area (Å²) in [5.74, 6) is -0.01000. The Morgan fingerprint density at radius 2 is 1.75 bits per heavy atom. The van der Waals surface area contributed by atoms with Crippen LogP contribution in [0.5, 0.6) is 0 Å². The van der Waals surface area contributed by atoms with Crippen molar-refractivity contribution < 1.29 is 4.79 Å². The van der Waals surface area contributed by atoms with E-state index in [9.17, 15) is 15.3 Å². The van der Waals surface area contributed by atoms with E-state index in [0.29, 0.717) is 29.8 Å². The van der Waals surface area contributed by atoms with Crippen LogP contribution < -0.4 is 10.6 Å². The van der Waals surface area contributed by atoms with Crippen molar-refractivity contribution >= 4 is 17.3 Å². The third-order valence-electron chi connectivity index (χ3n) is 3.46. The van der Waals surface area contributed by atoms with Gasteiger partial charge in [-0.05, 0) is 36.2 Å². The van der Waals surface area contributed by atoms with Crippen LogP contribution in [0.25, 0.3) is 0 Å². The summed E-state index contributed by atoms with van der Waals surface area (Å²) < 4.78 is 0. The van der Waals surface area contributed by atoms with E-state index in [-0.39, 0.29) is 5.91 Å². The number of carbonyl (C=O) groups is 1. The third kappa shape index (κ3) is 4.34. The van der Waals surface area contributed by atoms with Gasteiger partial charge < -0.3 is 10.6 Å². The molecule has 0 aliphatic heterocycles. The number of hydrogen-bond acceptors (Lipinski definition) is 4. The third-order valence-corrected chi connectivity index (χ3v) is 3.46. The van der Waals surface area contributed by atoms with Crippen LogP contribution in [0.1, 0.15) is 36.5 Å². The number of hydrogen-bond donors (Lipinski definition) is 2. The van der Waals surface area contributed by atoms with E-state index in [0.717, 1.165) is 17.7 Å². The number of para-hydroxylation sites is 1. The second-order valence-corrected chi connectivity index (χ2v) is 5.30. The minimum Gasteiger partial charge on any atom is -0.379 e. The molecule has 0 aliphatic carbocycles. The molecule has 0 atom stereocenters. The fourth-order valence-electron chi connectivity index (χ4n) is 2.33. The van der Waals surface area contributed by atoms with Gasteiger partial charge in [-0.3, -0.25) is 4.79 Å². The number of amides is 1. The highest BCUT2D eigenvalue weighted by Gasteiger charge is 2.08. The first-order valence-electron chi connectivity index (χ1n) is 7.73. The smallest absolute Gasteiger partial charge is 0.224 e. The maximum Gasteiger partial charge on any atom is 0.224 e. The van der Waals surface area contributed by atoms with Gasteiger partial charge in [-0.1, -0.05) is 25.1 Å². The van der Waals surface area contributed by atoms with Gasteiger partial charge in [-0.25, -0.2) is 0 Å². The van der Waals surface area contributed by atoms with E-state index in [4.69, 9.17) is 0 Å². The van der Waals surface area contributed by atoms with Crippen LogP contribution in [-0.2, 0) is 11.3 Å². The van der Waals surface area contributed by atoms with Gasteiger partial charge in [-0.15, -0.1) is 0 Å². The topological polar surface area (TPSA) is 88.7 Å². The maximum atomic E-state index is 11.7. The van der Waals surface area contributed by atoms with Crippen molar-refractivity contribution in [2.45, 2.75) is 26.3 Å². The second kappa shape index (κ2) is 8.36. The highest BCUT2D eigenvalue weighted by atomic mass is 16.1. The average Bonchev–Trinajstić information content (AvgIpc) is 2.60. The lowest BCUT2D eigenvalue weighted by molar-refractivity contribution is -0.116. The van der Waals surface area contributed by atoms with Gasteiger partial charge in [0.1, 0.15) is 12.1 Å². The van der Waals surface area contributed by atoms with Crippen LogP contribution in [0.3, 0.4) is 0 Å². The summed E-state index contributed by atoms with van der Waals surface area (Å²) in [7, 11) is 0. The molecule has 0 fully saturated rings. The molecule has 0 saturated heterocycles. The van der Waals surface area contributed by atoms with E-state index < -0.39 is 0 Å². The van der Waals surface area contributed by atoms with Crippen molar-refractivity contribution in [1.29, 1.82) is 10.5 Å². The molecule has 24 heavy (non-hydrogen) atoms. The highest BCUT2D eigenvalue weighted by molar-refractivity contribution is 5.90. The Labute approximate surface area is 141 Å². The Morgan fingerprint density at radius 3 is 2.38 bits per heavy atom. The van der Waals surface area contributed by atoms with E-state index in [1.165, 1.54) is 0 Å². The lowest BCUT2D eigenvalue weighted by atomic mass is 10.1. The second-order valence-electron chi connectivity index (χ2n) is 5.30. The molecular formula is C19H18N4O. The summed E-state index contributed by atoms with van der Waals surface area (Å²) in [6, 6.07) is 16.7. The fraction of sp³-hybridized carbons (Fsp3) is 0.211. The molecule has 0 spiro atoms. The van der Waals surface area contributed by atoms with Gasteiger partial charge in [0, 0.05) is 18.7 Å². The average molecular weight is 318 g/mol. The summed E-state index contributed by atoms with van der Waals surface area (Å²) in [5, 5.41) is 24.4. The molecule has 0 unspecified atom stereocenters. The molecule has 0 bridgehead atoms. The van der Waals surface area contributed by atoms with Gasteiger partial charge in [0.25, 0.3) is 0 Å². The number of rotatable bonds is 6. The quantitative estimate of drug-likeness (QED) is 0.848.